The van der Waals surface area contributed by atoms with E-state index in [1.165, 1.54) is 4.88 Å². The van der Waals surface area contributed by atoms with Crippen LogP contribution < -0.4 is 15.5 Å². The average Bonchev–Trinajstić information content (AvgIpc) is 2.88. The van der Waals surface area contributed by atoms with Gasteiger partial charge < -0.3 is 15.5 Å². The van der Waals surface area contributed by atoms with Gasteiger partial charge in [0.05, 0.1) is 17.7 Å². The van der Waals surface area contributed by atoms with E-state index in [0.29, 0.717) is 24.4 Å². The molecule has 0 bridgehead atoms. The van der Waals surface area contributed by atoms with E-state index < -0.39 is 0 Å². The molecule has 0 aromatic carbocycles. The molecule has 2 aromatic heterocycles. The van der Waals surface area contributed by atoms with Crippen LogP contribution in [0.25, 0.3) is 0 Å². The van der Waals surface area contributed by atoms with Crippen molar-refractivity contribution in [2.24, 2.45) is 0 Å². The summed E-state index contributed by atoms with van der Waals surface area (Å²) < 4.78 is 0. The fourth-order valence-electron chi connectivity index (χ4n) is 1.61. The van der Waals surface area contributed by atoms with E-state index in [0.717, 1.165) is 18.7 Å². The van der Waals surface area contributed by atoms with Crippen LogP contribution in [0, 0.1) is 6.92 Å². The number of hydrogen-bond acceptors (Lipinski definition) is 8. The molecule has 2 rings (SSSR count). The molecule has 114 valence electrons. The van der Waals surface area contributed by atoms with Gasteiger partial charge in [-0.3, -0.25) is 0 Å². The summed E-state index contributed by atoms with van der Waals surface area (Å²) in [6.45, 7) is 5.61. The Hall–Kier alpha value is -1.96. The molecular weight excluding hydrogens is 286 g/mol. The first-order valence-corrected chi connectivity index (χ1v) is 7.78. The minimum Gasteiger partial charge on any atom is -0.354 e. The van der Waals surface area contributed by atoms with Crippen LogP contribution in [0.1, 0.15) is 23.9 Å². The molecule has 2 N–H and O–H groups in total. The molecule has 0 spiro atoms. The van der Waals surface area contributed by atoms with E-state index in [9.17, 15) is 0 Å². The van der Waals surface area contributed by atoms with E-state index in [4.69, 9.17) is 0 Å². The van der Waals surface area contributed by atoms with Crippen LogP contribution in [-0.2, 0) is 6.54 Å². The topological polar surface area (TPSA) is 78.9 Å². The third-order valence-corrected chi connectivity index (χ3v) is 3.74. The van der Waals surface area contributed by atoms with E-state index in [1.807, 2.05) is 31.4 Å². The Balaban J connectivity index is 2.13. The Morgan fingerprint density at radius 2 is 1.86 bits per heavy atom. The third-order valence-electron chi connectivity index (χ3n) is 2.81. The average molecular weight is 307 g/mol. The van der Waals surface area contributed by atoms with Gasteiger partial charge in [-0.05, 0) is 13.3 Å². The van der Waals surface area contributed by atoms with Crippen LogP contribution in [0.2, 0.25) is 0 Å². The quantitative estimate of drug-likeness (QED) is 0.811. The van der Waals surface area contributed by atoms with Crippen LogP contribution in [-0.4, -0.2) is 40.6 Å². The highest BCUT2D eigenvalue weighted by Crippen LogP contribution is 2.16. The number of nitrogens with zero attached hydrogens (tertiary/aromatic N) is 5. The zero-order chi connectivity index (χ0) is 15.2. The second-order valence-corrected chi connectivity index (χ2v) is 5.76. The lowest BCUT2D eigenvalue weighted by Gasteiger charge is -2.13. The Labute approximate surface area is 128 Å². The highest BCUT2D eigenvalue weighted by molar-refractivity contribution is 7.09. The Kier molecular flexibility index (Phi) is 5.26. The normalized spacial score (nSPS) is 10.5. The molecule has 2 aromatic rings. The van der Waals surface area contributed by atoms with Crippen molar-refractivity contribution in [1.82, 2.24) is 19.9 Å². The largest absolute Gasteiger partial charge is 0.354 e. The first kappa shape index (κ1) is 15.4. The lowest BCUT2D eigenvalue weighted by Crippen LogP contribution is -2.17. The van der Waals surface area contributed by atoms with Gasteiger partial charge in [0.15, 0.2) is 0 Å². The van der Waals surface area contributed by atoms with Crippen LogP contribution in [0.15, 0.2) is 5.51 Å². The monoisotopic (exact) mass is 307 g/mol. The fraction of sp³-hybridized carbons (Fsp3) is 0.538. The van der Waals surface area contributed by atoms with Crippen LogP contribution in [0.3, 0.4) is 0 Å². The van der Waals surface area contributed by atoms with Crippen LogP contribution in [0.4, 0.5) is 17.8 Å². The number of nitrogens with one attached hydrogen (secondary N) is 2. The number of hydrogen-bond donors (Lipinski definition) is 2. The van der Waals surface area contributed by atoms with Gasteiger partial charge in [0.2, 0.25) is 17.8 Å². The van der Waals surface area contributed by atoms with Crippen LogP contribution in [0.5, 0.6) is 0 Å². The molecule has 0 unspecified atom stereocenters. The van der Waals surface area contributed by atoms with E-state index in [-0.39, 0.29) is 0 Å². The van der Waals surface area contributed by atoms with Gasteiger partial charge in [0.1, 0.15) is 0 Å². The molecule has 2 heterocycles. The van der Waals surface area contributed by atoms with Crippen molar-refractivity contribution in [2.75, 3.05) is 36.2 Å². The smallest absolute Gasteiger partial charge is 0.231 e. The van der Waals surface area contributed by atoms with Gasteiger partial charge in [0, 0.05) is 25.5 Å². The number of thiazole rings is 1. The molecular formula is C13H21N7S. The van der Waals surface area contributed by atoms with Crippen molar-refractivity contribution in [3.63, 3.8) is 0 Å². The summed E-state index contributed by atoms with van der Waals surface area (Å²) in [5.74, 6) is 1.80. The molecule has 0 atom stereocenters. The minimum atomic E-state index is 0.570. The summed E-state index contributed by atoms with van der Waals surface area (Å²) in [6.07, 6.45) is 1.02. The predicted octanol–water partition coefficient (Wildman–Crippen LogP) is 2.14. The zero-order valence-electron chi connectivity index (χ0n) is 12.8. The molecule has 0 aliphatic rings. The van der Waals surface area contributed by atoms with Crippen molar-refractivity contribution in [1.29, 1.82) is 0 Å². The van der Waals surface area contributed by atoms with Crippen molar-refractivity contribution >= 4 is 29.2 Å². The summed E-state index contributed by atoms with van der Waals surface area (Å²) in [5, 5.41) is 6.44. The van der Waals surface area contributed by atoms with Crippen molar-refractivity contribution in [3.05, 3.63) is 16.1 Å². The Bertz CT molecular complexity index is 582. The standard InChI is InChI=1S/C13H21N7S/c1-5-6-14-11-17-12(19-13(18-11)20(3)4)15-7-10-9(2)16-8-21-10/h8H,5-7H2,1-4H3,(H2,14,15,17,18,19). The second-order valence-electron chi connectivity index (χ2n) is 4.82. The number of anilines is 3. The molecule has 21 heavy (non-hydrogen) atoms. The summed E-state index contributed by atoms with van der Waals surface area (Å²) >= 11 is 1.63. The van der Waals surface area contributed by atoms with Gasteiger partial charge in [-0.15, -0.1) is 11.3 Å². The number of aromatic nitrogens is 4. The fourth-order valence-corrected chi connectivity index (χ4v) is 2.33. The third kappa shape index (κ3) is 4.25. The summed E-state index contributed by atoms with van der Waals surface area (Å²) in [6, 6.07) is 0. The van der Waals surface area contributed by atoms with E-state index in [2.05, 4.69) is 37.5 Å². The summed E-state index contributed by atoms with van der Waals surface area (Å²) in [7, 11) is 3.83. The van der Waals surface area contributed by atoms with Gasteiger partial charge in [-0.1, -0.05) is 6.92 Å². The molecule has 0 saturated carbocycles. The number of rotatable bonds is 7. The van der Waals surface area contributed by atoms with Crippen molar-refractivity contribution in [3.8, 4) is 0 Å². The molecule has 0 aliphatic heterocycles. The first-order chi connectivity index (χ1) is 10.1. The highest BCUT2D eigenvalue weighted by atomic mass is 32.1. The van der Waals surface area contributed by atoms with Crippen molar-refractivity contribution in [2.45, 2.75) is 26.8 Å². The predicted molar refractivity (Wildman–Crippen MR) is 87.1 cm³/mol. The van der Waals surface area contributed by atoms with Gasteiger partial charge in [-0.2, -0.15) is 15.0 Å². The van der Waals surface area contributed by atoms with Gasteiger partial charge in [0.25, 0.3) is 0 Å². The first-order valence-electron chi connectivity index (χ1n) is 6.90. The minimum absolute atomic E-state index is 0.570. The summed E-state index contributed by atoms with van der Waals surface area (Å²) in [5.41, 5.74) is 2.89. The molecule has 7 nitrogen and oxygen atoms in total. The molecule has 0 fully saturated rings. The van der Waals surface area contributed by atoms with Gasteiger partial charge >= 0.3 is 0 Å². The number of aryl methyl sites for hydroxylation is 1. The second kappa shape index (κ2) is 7.16. The molecule has 0 saturated heterocycles. The molecule has 0 radical (unpaired) electrons. The maximum Gasteiger partial charge on any atom is 0.231 e. The van der Waals surface area contributed by atoms with E-state index in [1.54, 1.807) is 11.3 Å². The highest BCUT2D eigenvalue weighted by Gasteiger charge is 2.09. The van der Waals surface area contributed by atoms with E-state index >= 15 is 0 Å². The lowest BCUT2D eigenvalue weighted by atomic mass is 10.4. The zero-order valence-corrected chi connectivity index (χ0v) is 13.7. The summed E-state index contributed by atoms with van der Waals surface area (Å²) in [4.78, 5) is 20.5. The molecule has 8 heteroatoms. The maximum atomic E-state index is 4.41. The Morgan fingerprint density at radius 3 is 2.43 bits per heavy atom. The SMILES string of the molecule is CCCNc1nc(NCc2scnc2C)nc(N(C)C)n1. The molecule has 0 aliphatic carbocycles. The van der Waals surface area contributed by atoms with Crippen LogP contribution >= 0.6 is 11.3 Å². The maximum absolute atomic E-state index is 4.41. The Morgan fingerprint density at radius 1 is 1.14 bits per heavy atom. The molecule has 0 amide bonds. The van der Waals surface area contributed by atoms with Gasteiger partial charge in [-0.25, -0.2) is 4.98 Å². The lowest BCUT2D eigenvalue weighted by molar-refractivity contribution is 0.910. The van der Waals surface area contributed by atoms with Crippen molar-refractivity contribution < 1.29 is 0 Å².